The summed E-state index contributed by atoms with van der Waals surface area (Å²) in [5, 5.41) is 12.3. The Kier molecular flexibility index (Phi) is 4.31. The Hall–Kier alpha value is -0.980. The second kappa shape index (κ2) is 5.77. The van der Waals surface area contributed by atoms with E-state index in [9.17, 15) is 4.79 Å². The minimum Gasteiger partial charge on any atom is -0.296 e. The monoisotopic (exact) mass is 345 g/mol. The predicted molar refractivity (Wildman–Crippen MR) is 76.4 cm³/mol. The third-order valence-electron chi connectivity index (χ3n) is 2.16. The number of aromatic nitrogens is 2. The normalized spacial score (nSPS) is 10.4. The zero-order valence-electron chi connectivity index (χ0n) is 9.41. The Bertz CT molecular complexity index is 587. The number of nitrogens with one attached hydrogen (secondary N) is 1. The van der Waals surface area contributed by atoms with E-state index in [4.69, 9.17) is 11.6 Å². The van der Waals surface area contributed by atoms with Gasteiger partial charge >= 0.3 is 0 Å². The molecule has 7 heteroatoms. The molecule has 0 saturated heterocycles. The van der Waals surface area contributed by atoms with Crippen LogP contribution in [0.3, 0.4) is 0 Å². The number of rotatable bonds is 3. The van der Waals surface area contributed by atoms with E-state index >= 15 is 0 Å². The van der Waals surface area contributed by atoms with E-state index in [2.05, 4.69) is 31.4 Å². The lowest BCUT2D eigenvalue weighted by atomic mass is 10.2. The molecule has 1 aromatic carbocycles. The summed E-state index contributed by atoms with van der Waals surface area (Å²) >= 11 is 10.6. The summed E-state index contributed by atoms with van der Waals surface area (Å²) in [6.45, 7) is 1.98. The molecule has 0 saturated carbocycles. The van der Waals surface area contributed by atoms with Gasteiger partial charge in [-0.3, -0.25) is 10.1 Å². The van der Waals surface area contributed by atoms with Gasteiger partial charge in [0.15, 0.2) is 0 Å². The Labute approximate surface area is 122 Å². The van der Waals surface area contributed by atoms with Crippen LogP contribution in [0.15, 0.2) is 22.7 Å². The maximum absolute atomic E-state index is 12.0. The second-order valence-corrected chi connectivity index (χ2v) is 5.82. The van der Waals surface area contributed by atoms with E-state index in [-0.39, 0.29) is 5.91 Å². The lowest BCUT2D eigenvalue weighted by molar-refractivity contribution is 0.102. The number of anilines is 1. The molecule has 2 rings (SSSR count). The Morgan fingerprint density at radius 1 is 1.50 bits per heavy atom. The molecule has 0 aliphatic heterocycles. The Balaban J connectivity index is 2.19. The average molecular weight is 347 g/mol. The Morgan fingerprint density at radius 2 is 2.28 bits per heavy atom. The molecule has 0 bridgehead atoms. The summed E-state index contributed by atoms with van der Waals surface area (Å²) in [5.41, 5.74) is 0.402. The molecule has 0 atom stereocenters. The van der Waals surface area contributed by atoms with Gasteiger partial charge in [0, 0.05) is 4.47 Å². The second-order valence-electron chi connectivity index (χ2n) is 3.43. The van der Waals surface area contributed by atoms with Crippen molar-refractivity contribution in [2.45, 2.75) is 13.3 Å². The van der Waals surface area contributed by atoms with Crippen LogP contribution in [0.1, 0.15) is 22.3 Å². The van der Waals surface area contributed by atoms with Crippen LogP contribution in [0.25, 0.3) is 0 Å². The van der Waals surface area contributed by atoms with Gasteiger partial charge in [0.1, 0.15) is 5.01 Å². The number of benzene rings is 1. The molecule has 0 unspecified atom stereocenters. The first kappa shape index (κ1) is 13.5. The van der Waals surface area contributed by atoms with Crippen LogP contribution < -0.4 is 5.32 Å². The van der Waals surface area contributed by atoms with Crippen LogP contribution in [0.4, 0.5) is 5.13 Å². The van der Waals surface area contributed by atoms with Crippen LogP contribution in [-0.2, 0) is 6.42 Å². The zero-order valence-corrected chi connectivity index (χ0v) is 12.6. The molecule has 18 heavy (non-hydrogen) atoms. The number of halogens is 2. The van der Waals surface area contributed by atoms with E-state index in [0.717, 1.165) is 15.9 Å². The maximum Gasteiger partial charge on any atom is 0.259 e. The molecule has 2 aromatic rings. The lowest BCUT2D eigenvalue weighted by Crippen LogP contribution is -2.12. The van der Waals surface area contributed by atoms with Crippen LogP contribution in [0.5, 0.6) is 0 Å². The molecule has 0 aliphatic carbocycles. The SMILES string of the molecule is CCc1nnc(NC(=O)c2cc(Br)ccc2Cl)s1. The smallest absolute Gasteiger partial charge is 0.259 e. The fourth-order valence-corrected chi connectivity index (χ4v) is 2.52. The van der Waals surface area contributed by atoms with Gasteiger partial charge in [-0.15, -0.1) is 10.2 Å². The largest absolute Gasteiger partial charge is 0.296 e. The van der Waals surface area contributed by atoms with Crippen molar-refractivity contribution < 1.29 is 4.79 Å². The van der Waals surface area contributed by atoms with Gasteiger partial charge in [0.05, 0.1) is 10.6 Å². The summed E-state index contributed by atoms with van der Waals surface area (Å²) in [7, 11) is 0. The number of hydrogen-bond donors (Lipinski definition) is 1. The first-order valence-corrected chi connectivity index (χ1v) is 7.17. The zero-order chi connectivity index (χ0) is 13.1. The Morgan fingerprint density at radius 3 is 2.94 bits per heavy atom. The summed E-state index contributed by atoms with van der Waals surface area (Å²) in [6, 6.07) is 5.11. The van der Waals surface area contributed by atoms with Gasteiger partial charge in [0.25, 0.3) is 5.91 Å². The molecule has 1 N–H and O–H groups in total. The van der Waals surface area contributed by atoms with Gasteiger partial charge in [-0.2, -0.15) is 0 Å². The van der Waals surface area contributed by atoms with Crippen molar-refractivity contribution in [1.82, 2.24) is 10.2 Å². The van der Waals surface area contributed by atoms with Gasteiger partial charge in [-0.25, -0.2) is 0 Å². The van der Waals surface area contributed by atoms with Crippen molar-refractivity contribution in [3.8, 4) is 0 Å². The number of nitrogens with zero attached hydrogens (tertiary/aromatic N) is 2. The summed E-state index contributed by atoms with van der Waals surface area (Å²) < 4.78 is 0.795. The highest BCUT2D eigenvalue weighted by Gasteiger charge is 2.13. The quantitative estimate of drug-likeness (QED) is 0.920. The van der Waals surface area contributed by atoms with Crippen molar-refractivity contribution >= 4 is 49.9 Å². The first-order valence-electron chi connectivity index (χ1n) is 5.19. The van der Waals surface area contributed by atoms with Gasteiger partial charge in [-0.05, 0) is 24.6 Å². The molecular formula is C11H9BrClN3OS. The fraction of sp³-hybridized carbons (Fsp3) is 0.182. The van der Waals surface area contributed by atoms with Crippen molar-refractivity contribution in [2.75, 3.05) is 5.32 Å². The average Bonchev–Trinajstić information content (AvgIpc) is 2.80. The highest BCUT2D eigenvalue weighted by Crippen LogP contribution is 2.23. The van der Waals surface area contributed by atoms with Crippen LogP contribution in [-0.4, -0.2) is 16.1 Å². The third-order valence-corrected chi connectivity index (χ3v) is 3.97. The molecule has 1 aromatic heterocycles. The molecule has 1 amide bonds. The van der Waals surface area contributed by atoms with Crippen LogP contribution in [0, 0.1) is 0 Å². The van der Waals surface area contributed by atoms with E-state index < -0.39 is 0 Å². The molecule has 1 heterocycles. The lowest BCUT2D eigenvalue weighted by Gasteiger charge is -2.04. The summed E-state index contributed by atoms with van der Waals surface area (Å²) in [4.78, 5) is 12.0. The molecule has 4 nitrogen and oxygen atoms in total. The van der Waals surface area contributed by atoms with Gasteiger partial charge < -0.3 is 0 Å². The summed E-state index contributed by atoms with van der Waals surface area (Å²) in [5.74, 6) is -0.292. The molecular weight excluding hydrogens is 338 g/mol. The number of carbonyl (C=O) groups excluding carboxylic acids is 1. The van der Waals surface area contributed by atoms with E-state index in [1.54, 1.807) is 18.2 Å². The minimum absolute atomic E-state index is 0.292. The summed E-state index contributed by atoms with van der Waals surface area (Å²) in [6.07, 6.45) is 0.797. The van der Waals surface area contributed by atoms with Gasteiger partial charge in [0.2, 0.25) is 5.13 Å². The minimum atomic E-state index is -0.292. The molecule has 0 aliphatic rings. The van der Waals surface area contributed by atoms with Crippen molar-refractivity contribution in [3.05, 3.63) is 38.3 Å². The number of carbonyl (C=O) groups is 1. The highest BCUT2D eigenvalue weighted by molar-refractivity contribution is 9.10. The number of amides is 1. The standard InChI is InChI=1S/C11H9BrClN3OS/c1-2-9-15-16-11(18-9)14-10(17)7-5-6(12)3-4-8(7)13/h3-5H,2H2,1H3,(H,14,16,17). The molecule has 0 fully saturated rings. The topological polar surface area (TPSA) is 54.9 Å². The van der Waals surface area contributed by atoms with Crippen molar-refractivity contribution in [1.29, 1.82) is 0 Å². The first-order chi connectivity index (χ1) is 8.60. The van der Waals surface area contributed by atoms with Crippen molar-refractivity contribution in [3.63, 3.8) is 0 Å². The number of hydrogen-bond acceptors (Lipinski definition) is 4. The number of aryl methyl sites for hydroxylation is 1. The molecule has 94 valence electrons. The van der Waals surface area contributed by atoms with Crippen LogP contribution in [0.2, 0.25) is 5.02 Å². The van der Waals surface area contributed by atoms with Crippen LogP contribution >= 0.6 is 38.9 Å². The highest BCUT2D eigenvalue weighted by atomic mass is 79.9. The molecule has 0 radical (unpaired) electrons. The van der Waals surface area contributed by atoms with E-state index in [0.29, 0.717) is 15.7 Å². The third kappa shape index (κ3) is 3.07. The fourth-order valence-electron chi connectivity index (χ4n) is 1.28. The maximum atomic E-state index is 12.0. The van der Waals surface area contributed by atoms with E-state index in [1.807, 2.05) is 6.92 Å². The van der Waals surface area contributed by atoms with Gasteiger partial charge in [-0.1, -0.05) is 45.8 Å². The van der Waals surface area contributed by atoms with Crippen molar-refractivity contribution in [2.24, 2.45) is 0 Å². The predicted octanol–water partition coefficient (Wildman–Crippen LogP) is 3.77. The van der Waals surface area contributed by atoms with E-state index in [1.165, 1.54) is 11.3 Å². The molecule has 0 spiro atoms.